The lowest BCUT2D eigenvalue weighted by Gasteiger charge is -1.92. The van der Waals surface area contributed by atoms with E-state index >= 15 is 0 Å². The number of hydrogen-bond donors (Lipinski definition) is 0. The molecule has 3 rings (SSSR count). The Morgan fingerprint density at radius 3 is 1.03 bits per heavy atom. The quantitative estimate of drug-likeness (QED) is 0.344. The maximum atomic E-state index is 3.83. The Morgan fingerprint density at radius 1 is 0.516 bits per heavy atom. The highest BCUT2D eigenvalue weighted by Gasteiger charge is 1.85. The van der Waals surface area contributed by atoms with Crippen LogP contribution in [0.25, 0.3) is 10.8 Å². The summed E-state index contributed by atoms with van der Waals surface area (Å²) in [5.41, 5.74) is 0.903. The maximum absolute atomic E-state index is 3.83. The van der Waals surface area contributed by atoms with Crippen LogP contribution in [0.15, 0.2) is 89.1 Å². The van der Waals surface area contributed by atoms with Gasteiger partial charge in [-0.3, -0.25) is 0 Å². The first-order chi connectivity index (χ1) is 14.2. The van der Waals surface area contributed by atoms with Gasteiger partial charge in [-0.25, -0.2) is 0 Å². The normalized spacial score (nSPS) is 7.77. The fraction of sp³-hybridized carbons (Fsp3) is 0.448. The number of nitrogens with zero attached hydrogens (tertiary/aromatic N) is 2. The second kappa shape index (κ2) is 35.0. The van der Waals surface area contributed by atoms with E-state index in [-0.39, 0.29) is 14.9 Å². The molecule has 0 unspecified atom stereocenters. The summed E-state index contributed by atoms with van der Waals surface area (Å²) in [4.78, 5) is 0. The Hall–Kier alpha value is -2.48. The van der Waals surface area contributed by atoms with Crippen molar-refractivity contribution >= 4 is 16.5 Å². The van der Waals surface area contributed by atoms with Gasteiger partial charge in [0.2, 0.25) is 0 Å². The zero-order valence-corrected chi connectivity index (χ0v) is 20.3. The van der Waals surface area contributed by atoms with Crippen molar-refractivity contribution in [3.63, 3.8) is 0 Å². The molecule has 31 heavy (non-hydrogen) atoms. The van der Waals surface area contributed by atoms with E-state index in [4.69, 9.17) is 0 Å². The van der Waals surface area contributed by atoms with Crippen molar-refractivity contribution in [3.8, 4) is 0 Å². The lowest BCUT2D eigenvalue weighted by Crippen LogP contribution is -1.67. The Morgan fingerprint density at radius 2 is 0.774 bits per heavy atom. The van der Waals surface area contributed by atoms with Crippen LogP contribution >= 0.6 is 0 Å². The van der Waals surface area contributed by atoms with Gasteiger partial charge in [0.05, 0.1) is 5.69 Å². The molecule has 0 N–H and O–H groups in total. The third kappa shape index (κ3) is 25.5. The number of benzene rings is 3. The molecule has 178 valence electrons. The second-order valence-corrected chi connectivity index (χ2v) is 5.40. The lowest BCUT2D eigenvalue weighted by molar-refractivity contribution is 1.09. The molecule has 0 atom stereocenters. The molecule has 0 aliphatic heterocycles. The molecule has 0 bridgehead atoms. The molecule has 0 fully saturated rings. The van der Waals surface area contributed by atoms with E-state index in [0.29, 0.717) is 0 Å². The van der Waals surface area contributed by atoms with Crippen molar-refractivity contribution in [3.05, 3.63) is 78.9 Å². The monoisotopic (exact) mass is 428 g/mol. The van der Waals surface area contributed by atoms with E-state index in [2.05, 4.69) is 86.5 Å². The summed E-state index contributed by atoms with van der Waals surface area (Å²) in [6.07, 6.45) is 2.50. The third-order valence-corrected chi connectivity index (χ3v) is 2.63. The van der Waals surface area contributed by atoms with E-state index in [1.165, 1.54) is 23.6 Å². The minimum Gasteiger partial charge on any atom is -0.192 e. The lowest BCUT2D eigenvalue weighted by atomic mass is 10.1. The summed E-state index contributed by atoms with van der Waals surface area (Å²) < 4.78 is 0. The SMILES string of the molecule is C.C.CC.CC.CCC.CCC.CN=Nc1ccccc1.c1ccc2ccccc2c1. The molecule has 0 saturated heterocycles. The van der Waals surface area contributed by atoms with Gasteiger partial charge in [-0.15, -0.1) is 0 Å². The molecule has 3 aromatic carbocycles. The van der Waals surface area contributed by atoms with Gasteiger partial charge in [-0.05, 0) is 22.9 Å². The van der Waals surface area contributed by atoms with Crippen LogP contribution in [0.5, 0.6) is 0 Å². The van der Waals surface area contributed by atoms with Crippen LogP contribution in [0.2, 0.25) is 0 Å². The molecule has 0 heterocycles. The highest BCUT2D eigenvalue weighted by Crippen LogP contribution is 2.11. The van der Waals surface area contributed by atoms with Gasteiger partial charge < -0.3 is 0 Å². The van der Waals surface area contributed by atoms with Gasteiger partial charge in [0.25, 0.3) is 0 Å². The average molecular weight is 429 g/mol. The predicted molar refractivity (Wildman–Crippen MR) is 149 cm³/mol. The Labute approximate surface area is 195 Å². The van der Waals surface area contributed by atoms with Crippen molar-refractivity contribution in [2.75, 3.05) is 7.05 Å². The number of fused-ring (bicyclic) bond motifs is 1. The summed E-state index contributed by atoms with van der Waals surface area (Å²) in [6, 6.07) is 26.4. The van der Waals surface area contributed by atoms with Gasteiger partial charge in [-0.2, -0.15) is 10.2 Å². The van der Waals surface area contributed by atoms with E-state index in [9.17, 15) is 0 Å². The number of azo groups is 1. The summed E-state index contributed by atoms with van der Waals surface area (Å²) in [5.74, 6) is 0. The molecule has 0 amide bonds. The van der Waals surface area contributed by atoms with Gasteiger partial charge in [0.15, 0.2) is 0 Å². The molecule has 0 aliphatic rings. The molecule has 0 aliphatic carbocycles. The van der Waals surface area contributed by atoms with E-state index in [0.717, 1.165) is 5.69 Å². The van der Waals surface area contributed by atoms with Gasteiger partial charge >= 0.3 is 0 Å². The minimum absolute atomic E-state index is 0. The van der Waals surface area contributed by atoms with Crippen molar-refractivity contribution in [1.29, 1.82) is 0 Å². The Balaban J connectivity index is -0.0000000992. The highest BCUT2D eigenvalue weighted by molar-refractivity contribution is 5.81. The fourth-order valence-electron chi connectivity index (χ4n) is 1.74. The van der Waals surface area contributed by atoms with Crippen molar-refractivity contribution in [2.24, 2.45) is 10.2 Å². The minimum atomic E-state index is 0. The van der Waals surface area contributed by atoms with Gasteiger partial charge in [0, 0.05) is 7.05 Å². The number of rotatable bonds is 1. The smallest absolute Gasteiger partial charge is 0.0852 e. The molecule has 3 aromatic rings. The predicted octanol–water partition coefficient (Wildman–Crippen LogP) is 11.4. The van der Waals surface area contributed by atoms with E-state index in [1.54, 1.807) is 7.05 Å². The molecule has 0 radical (unpaired) electrons. The van der Waals surface area contributed by atoms with Crippen LogP contribution in [-0.4, -0.2) is 7.05 Å². The average Bonchev–Trinajstić information content (AvgIpc) is 2.79. The first-order valence-corrected chi connectivity index (χ1v) is 11.0. The van der Waals surface area contributed by atoms with Crippen LogP contribution in [-0.2, 0) is 0 Å². The largest absolute Gasteiger partial charge is 0.192 e. The molecular weight excluding hydrogens is 376 g/mol. The number of hydrogen-bond acceptors (Lipinski definition) is 2. The van der Waals surface area contributed by atoms with Crippen LogP contribution in [0.1, 0.15) is 83.1 Å². The van der Waals surface area contributed by atoms with E-state index < -0.39 is 0 Å². The molecule has 2 heteroatoms. The van der Waals surface area contributed by atoms with Gasteiger partial charge in [-0.1, -0.05) is 150 Å². The first kappa shape index (κ1) is 39.0. The van der Waals surface area contributed by atoms with Crippen LogP contribution in [0.3, 0.4) is 0 Å². The van der Waals surface area contributed by atoms with Crippen LogP contribution in [0, 0.1) is 0 Å². The summed E-state index contributed by atoms with van der Waals surface area (Å²) in [7, 11) is 1.66. The van der Waals surface area contributed by atoms with E-state index in [1.807, 2.05) is 58.0 Å². The summed E-state index contributed by atoms with van der Waals surface area (Å²) in [6.45, 7) is 16.5. The first-order valence-electron chi connectivity index (χ1n) is 11.0. The Kier molecular flexibility index (Phi) is 44.1. The van der Waals surface area contributed by atoms with Crippen molar-refractivity contribution < 1.29 is 0 Å². The molecule has 2 nitrogen and oxygen atoms in total. The summed E-state index contributed by atoms with van der Waals surface area (Å²) in [5, 5.41) is 10.1. The second-order valence-electron chi connectivity index (χ2n) is 5.40. The standard InChI is InChI=1S/C10H8.C7H8N2.2C3H8.2C2H6.2CH4/c1-2-6-10-8-4-3-7-9(10)5-1;1-8-9-7-5-3-2-4-6-7;2*1-3-2;2*1-2;;/h1-8H;2-6H,1H3;2*3H2,1-2H3;2*1-2H3;2*1H4. The molecule has 0 saturated carbocycles. The third-order valence-electron chi connectivity index (χ3n) is 2.63. The zero-order valence-electron chi connectivity index (χ0n) is 20.3. The van der Waals surface area contributed by atoms with Crippen LogP contribution in [0.4, 0.5) is 5.69 Å². The molecule has 0 aromatic heterocycles. The Bertz CT molecular complexity index is 609. The summed E-state index contributed by atoms with van der Waals surface area (Å²) >= 11 is 0. The van der Waals surface area contributed by atoms with Crippen molar-refractivity contribution in [1.82, 2.24) is 0 Å². The van der Waals surface area contributed by atoms with Crippen molar-refractivity contribution in [2.45, 2.75) is 83.1 Å². The fourth-order valence-corrected chi connectivity index (χ4v) is 1.74. The highest BCUT2D eigenvalue weighted by atomic mass is 15.1. The van der Waals surface area contributed by atoms with Gasteiger partial charge in [0.1, 0.15) is 0 Å². The zero-order chi connectivity index (χ0) is 22.8. The topological polar surface area (TPSA) is 24.7 Å². The molecule has 0 spiro atoms. The van der Waals surface area contributed by atoms with Crippen LogP contribution < -0.4 is 0 Å². The molecular formula is C29H52N2. The maximum Gasteiger partial charge on any atom is 0.0852 e.